The van der Waals surface area contributed by atoms with Gasteiger partial charge < -0.3 is 22.1 Å². The summed E-state index contributed by atoms with van der Waals surface area (Å²) in [6.45, 7) is 0. The highest BCUT2D eigenvalue weighted by molar-refractivity contribution is 6.17. The van der Waals surface area contributed by atoms with Crippen LogP contribution in [0, 0.1) is 0 Å². The smallest absolute Gasteiger partial charge is 0.316 e. The number of primary amides is 2. The van der Waals surface area contributed by atoms with Crippen molar-refractivity contribution in [2.24, 2.45) is 11.5 Å². The molecule has 0 bridgehead atoms. The third-order valence-corrected chi connectivity index (χ3v) is 2.86. The number of anilines is 2. The molecule has 6 N–H and O–H groups in total. The topological polar surface area (TPSA) is 127 Å². The van der Waals surface area contributed by atoms with Crippen molar-refractivity contribution in [2.45, 2.75) is 0 Å². The fraction of sp³-hybridized carbons (Fsp3) is 0. The van der Waals surface area contributed by atoms with Crippen LogP contribution in [0.15, 0.2) is 48.5 Å². The van der Waals surface area contributed by atoms with Crippen LogP contribution in [0.5, 0.6) is 0 Å². The molecule has 0 spiro atoms. The maximum Gasteiger partial charge on any atom is 0.316 e. The fourth-order valence-corrected chi connectivity index (χ4v) is 1.99. The molecule has 2 aromatic rings. The Hall–Kier alpha value is -3.35. The molecule has 0 aliphatic rings. The van der Waals surface area contributed by atoms with Crippen molar-refractivity contribution < 1.29 is 14.4 Å². The van der Waals surface area contributed by atoms with Gasteiger partial charge in [0.1, 0.15) is 0 Å². The maximum absolute atomic E-state index is 12.7. The lowest BCUT2D eigenvalue weighted by molar-refractivity contribution is 0.104. The first kappa shape index (κ1) is 15.0. The lowest BCUT2D eigenvalue weighted by Gasteiger charge is -2.12. The second-order valence-electron chi connectivity index (χ2n) is 4.40. The van der Waals surface area contributed by atoms with Crippen molar-refractivity contribution >= 4 is 29.2 Å². The Kier molecular flexibility index (Phi) is 4.38. The largest absolute Gasteiger partial charge is 0.351 e. The molecule has 0 aromatic heterocycles. The van der Waals surface area contributed by atoms with E-state index in [-0.39, 0.29) is 28.3 Å². The van der Waals surface area contributed by atoms with Crippen molar-refractivity contribution in [1.82, 2.24) is 0 Å². The summed E-state index contributed by atoms with van der Waals surface area (Å²) in [7, 11) is 0. The van der Waals surface area contributed by atoms with Crippen molar-refractivity contribution in [1.29, 1.82) is 0 Å². The summed E-state index contributed by atoms with van der Waals surface area (Å²) < 4.78 is 0. The standard InChI is InChI=1S/C15H14N4O3/c16-14(21)18-11-7-3-1-5-9(11)13(20)10-6-2-4-8-12(10)19-15(17)22/h1-8H,(H3,16,18,21)(H3,17,19,22). The van der Waals surface area contributed by atoms with Gasteiger partial charge in [0.05, 0.1) is 11.4 Å². The van der Waals surface area contributed by atoms with Crippen LogP contribution in [-0.4, -0.2) is 17.8 Å². The number of amides is 4. The first-order valence-corrected chi connectivity index (χ1v) is 6.34. The molecule has 2 rings (SSSR count). The van der Waals surface area contributed by atoms with E-state index in [9.17, 15) is 14.4 Å². The molecule has 0 aliphatic carbocycles. The molecule has 0 saturated carbocycles. The maximum atomic E-state index is 12.7. The predicted octanol–water partition coefficient (Wildman–Crippen LogP) is 1.90. The number of hydrogen-bond acceptors (Lipinski definition) is 3. The Morgan fingerprint density at radius 2 is 1.05 bits per heavy atom. The monoisotopic (exact) mass is 298 g/mol. The number of nitrogens with two attached hydrogens (primary N) is 2. The summed E-state index contributed by atoms with van der Waals surface area (Å²) in [5, 5.41) is 4.78. The number of rotatable bonds is 4. The summed E-state index contributed by atoms with van der Waals surface area (Å²) in [6.07, 6.45) is 0. The number of ketones is 1. The average molecular weight is 298 g/mol. The number of carbonyl (C=O) groups is 3. The van der Waals surface area contributed by atoms with Crippen molar-refractivity contribution in [2.75, 3.05) is 10.6 Å². The summed E-state index contributed by atoms with van der Waals surface area (Å²) in [4.78, 5) is 34.7. The van der Waals surface area contributed by atoms with Gasteiger partial charge in [-0.2, -0.15) is 0 Å². The SMILES string of the molecule is NC(=O)Nc1ccccc1C(=O)c1ccccc1NC(N)=O. The van der Waals surface area contributed by atoms with E-state index in [0.717, 1.165) is 0 Å². The van der Waals surface area contributed by atoms with Crippen molar-refractivity contribution in [3.05, 3.63) is 59.7 Å². The van der Waals surface area contributed by atoms with Gasteiger partial charge in [-0.3, -0.25) is 4.79 Å². The molecule has 0 unspecified atom stereocenters. The number of carbonyl (C=O) groups excluding carboxylic acids is 3. The molecule has 22 heavy (non-hydrogen) atoms. The highest BCUT2D eigenvalue weighted by Crippen LogP contribution is 2.23. The van der Waals surface area contributed by atoms with Gasteiger partial charge in [-0.1, -0.05) is 24.3 Å². The van der Waals surface area contributed by atoms with Gasteiger partial charge in [-0.15, -0.1) is 0 Å². The minimum Gasteiger partial charge on any atom is -0.351 e. The third-order valence-electron chi connectivity index (χ3n) is 2.86. The minimum atomic E-state index is -0.774. The second-order valence-corrected chi connectivity index (χ2v) is 4.40. The summed E-state index contributed by atoms with van der Waals surface area (Å²) in [6, 6.07) is 11.3. The van der Waals surface area contributed by atoms with E-state index in [1.54, 1.807) is 48.5 Å². The molecule has 0 radical (unpaired) electrons. The Labute approximate surface area is 126 Å². The van der Waals surface area contributed by atoms with Gasteiger partial charge in [-0.25, -0.2) is 9.59 Å². The van der Waals surface area contributed by atoms with E-state index in [4.69, 9.17) is 11.5 Å². The van der Waals surface area contributed by atoms with Crippen LogP contribution >= 0.6 is 0 Å². The molecule has 0 heterocycles. The molecule has 112 valence electrons. The average Bonchev–Trinajstić information content (AvgIpc) is 2.46. The Bertz CT molecular complexity index is 682. The van der Waals surface area contributed by atoms with Gasteiger partial charge >= 0.3 is 12.1 Å². The van der Waals surface area contributed by atoms with Crippen molar-refractivity contribution in [3.63, 3.8) is 0 Å². The van der Waals surface area contributed by atoms with E-state index in [1.165, 1.54) is 0 Å². The van der Waals surface area contributed by atoms with Gasteiger partial charge in [-0.05, 0) is 24.3 Å². The lowest BCUT2D eigenvalue weighted by Crippen LogP contribution is -2.22. The molecule has 7 nitrogen and oxygen atoms in total. The zero-order chi connectivity index (χ0) is 16.1. The van der Waals surface area contributed by atoms with E-state index < -0.39 is 12.1 Å². The van der Waals surface area contributed by atoms with Crippen molar-refractivity contribution in [3.8, 4) is 0 Å². The van der Waals surface area contributed by atoms with Crippen LogP contribution in [0.3, 0.4) is 0 Å². The quantitative estimate of drug-likeness (QED) is 0.643. The minimum absolute atomic E-state index is 0.250. The summed E-state index contributed by atoms with van der Waals surface area (Å²) >= 11 is 0. The highest BCUT2D eigenvalue weighted by Gasteiger charge is 2.17. The number of urea groups is 2. The normalized spacial score (nSPS) is 9.82. The first-order chi connectivity index (χ1) is 10.5. The van der Waals surface area contributed by atoms with Crippen LogP contribution in [0.4, 0.5) is 21.0 Å². The Morgan fingerprint density at radius 1 is 0.682 bits per heavy atom. The molecule has 7 heteroatoms. The zero-order valence-corrected chi connectivity index (χ0v) is 11.5. The molecule has 2 aromatic carbocycles. The molecule has 0 atom stereocenters. The summed E-state index contributed by atoms with van der Waals surface area (Å²) in [5.41, 5.74) is 11.3. The van der Waals surface area contributed by atoms with Gasteiger partial charge in [0.15, 0.2) is 5.78 Å². The zero-order valence-electron chi connectivity index (χ0n) is 11.5. The molecule has 4 amide bonds. The van der Waals surface area contributed by atoms with Crippen LogP contribution in [0.2, 0.25) is 0 Å². The van der Waals surface area contributed by atoms with Crippen LogP contribution < -0.4 is 22.1 Å². The predicted molar refractivity (Wildman–Crippen MR) is 82.7 cm³/mol. The number of nitrogens with one attached hydrogen (secondary N) is 2. The fourth-order valence-electron chi connectivity index (χ4n) is 1.99. The third kappa shape index (κ3) is 3.40. The van der Waals surface area contributed by atoms with E-state index in [2.05, 4.69) is 10.6 Å². The van der Waals surface area contributed by atoms with E-state index in [0.29, 0.717) is 0 Å². The Balaban J connectivity index is 2.45. The number of benzene rings is 2. The van der Waals surface area contributed by atoms with Crippen LogP contribution in [-0.2, 0) is 0 Å². The van der Waals surface area contributed by atoms with Crippen LogP contribution in [0.25, 0.3) is 0 Å². The summed E-state index contributed by atoms with van der Waals surface area (Å²) in [5.74, 6) is -0.381. The number of hydrogen-bond donors (Lipinski definition) is 4. The van der Waals surface area contributed by atoms with E-state index in [1.807, 2.05) is 0 Å². The molecule has 0 fully saturated rings. The van der Waals surface area contributed by atoms with E-state index >= 15 is 0 Å². The number of para-hydroxylation sites is 2. The highest BCUT2D eigenvalue weighted by atomic mass is 16.2. The Morgan fingerprint density at radius 3 is 1.41 bits per heavy atom. The van der Waals surface area contributed by atoms with Gasteiger partial charge in [0.2, 0.25) is 0 Å². The lowest BCUT2D eigenvalue weighted by atomic mass is 10.00. The molecular weight excluding hydrogens is 284 g/mol. The molecule has 0 aliphatic heterocycles. The second kappa shape index (κ2) is 6.40. The molecular formula is C15H14N4O3. The van der Waals surface area contributed by atoms with Gasteiger partial charge in [0, 0.05) is 11.1 Å². The van der Waals surface area contributed by atoms with Gasteiger partial charge in [0.25, 0.3) is 0 Å². The van der Waals surface area contributed by atoms with Crippen LogP contribution in [0.1, 0.15) is 15.9 Å². The first-order valence-electron chi connectivity index (χ1n) is 6.34. The molecule has 0 saturated heterocycles.